The van der Waals surface area contributed by atoms with Crippen LogP contribution in [0.15, 0.2) is 0 Å². The molecular weight excluding hydrogens is 623 g/mol. The lowest BCUT2D eigenvalue weighted by atomic mass is 9.83. The number of hydrogen-bond acceptors (Lipinski definition) is 12. The number of ether oxygens (including phenoxy) is 3. The summed E-state index contributed by atoms with van der Waals surface area (Å²) in [6.45, 7) is 20.5. The standard InChI is InChI=1S/C32H59NO8S3/c1-13-14-27(3,4)24(36)40-19-32(17-34,20-41-25(37)28(5,6)15-30(9,10)42)18-39-23(35)22(2)33-21-44-26(38)29(7,8)16-31(11,12)43/h22,33-34,42-43H,13-21H2,1-12H3. The monoisotopic (exact) mass is 681 g/mol. The summed E-state index contributed by atoms with van der Waals surface area (Å²) in [5, 5.41) is 13.4. The number of carbonyl (C=O) groups excluding carboxylic acids is 4. The molecule has 9 nitrogen and oxygen atoms in total. The van der Waals surface area contributed by atoms with Crippen LogP contribution in [-0.2, 0) is 33.4 Å². The summed E-state index contributed by atoms with van der Waals surface area (Å²) < 4.78 is 16.1. The Morgan fingerprint density at radius 1 is 0.750 bits per heavy atom. The van der Waals surface area contributed by atoms with E-state index < -0.39 is 57.0 Å². The van der Waals surface area contributed by atoms with Gasteiger partial charge in [0.2, 0.25) is 0 Å². The average molecular weight is 682 g/mol. The number of aliphatic hydroxyl groups excluding tert-OH is 1. The maximum Gasteiger partial charge on any atom is 0.322 e. The number of aliphatic hydroxyl groups is 1. The first kappa shape index (κ1) is 43.0. The molecule has 0 saturated carbocycles. The van der Waals surface area contributed by atoms with Gasteiger partial charge in [0, 0.05) is 14.9 Å². The molecule has 258 valence electrons. The highest BCUT2D eigenvalue weighted by molar-refractivity contribution is 8.13. The molecule has 12 heteroatoms. The largest absolute Gasteiger partial charge is 0.464 e. The van der Waals surface area contributed by atoms with Crippen molar-refractivity contribution in [3.8, 4) is 0 Å². The van der Waals surface area contributed by atoms with E-state index in [1.54, 1.807) is 34.6 Å². The molecular formula is C32H59NO8S3. The summed E-state index contributed by atoms with van der Waals surface area (Å²) in [6.07, 6.45) is 2.39. The van der Waals surface area contributed by atoms with Crippen molar-refractivity contribution in [1.29, 1.82) is 0 Å². The second-order valence-corrected chi connectivity index (χ2v) is 18.7. The van der Waals surface area contributed by atoms with Crippen molar-refractivity contribution < 1.29 is 38.5 Å². The zero-order valence-corrected chi connectivity index (χ0v) is 31.7. The lowest BCUT2D eigenvalue weighted by molar-refractivity contribution is -0.174. The van der Waals surface area contributed by atoms with Gasteiger partial charge < -0.3 is 19.3 Å². The van der Waals surface area contributed by atoms with Crippen molar-refractivity contribution in [3.63, 3.8) is 0 Å². The second kappa shape index (κ2) is 17.3. The average Bonchev–Trinajstić information content (AvgIpc) is 2.84. The van der Waals surface area contributed by atoms with Crippen LogP contribution in [-0.4, -0.2) is 76.0 Å². The Kier molecular flexibility index (Phi) is 16.9. The molecule has 0 aliphatic rings. The molecule has 0 fully saturated rings. The fourth-order valence-corrected chi connectivity index (χ4v) is 6.70. The summed E-state index contributed by atoms with van der Waals surface area (Å²) in [5.41, 5.74) is -3.62. The first-order chi connectivity index (χ1) is 19.7. The van der Waals surface area contributed by atoms with E-state index in [2.05, 4.69) is 30.6 Å². The van der Waals surface area contributed by atoms with Crippen molar-refractivity contribution in [2.75, 3.05) is 32.3 Å². The molecule has 0 bridgehead atoms. The predicted octanol–water partition coefficient (Wildman–Crippen LogP) is 5.87. The molecule has 0 rings (SSSR count). The summed E-state index contributed by atoms with van der Waals surface area (Å²) in [6, 6.07) is -0.777. The molecule has 0 saturated heterocycles. The molecule has 0 radical (unpaired) electrons. The van der Waals surface area contributed by atoms with Gasteiger partial charge in [-0.1, -0.05) is 66.6 Å². The van der Waals surface area contributed by atoms with Gasteiger partial charge in [0.15, 0.2) is 5.12 Å². The molecule has 0 aromatic carbocycles. The third-order valence-corrected chi connectivity index (χ3v) is 8.55. The number of rotatable bonds is 20. The number of thioether (sulfide) groups is 1. The maximum absolute atomic E-state index is 13.1. The van der Waals surface area contributed by atoms with Crippen molar-refractivity contribution in [1.82, 2.24) is 5.32 Å². The van der Waals surface area contributed by atoms with Gasteiger partial charge >= 0.3 is 17.9 Å². The van der Waals surface area contributed by atoms with Crippen LogP contribution in [0.1, 0.15) is 109 Å². The van der Waals surface area contributed by atoms with E-state index in [-0.39, 0.29) is 35.6 Å². The van der Waals surface area contributed by atoms with E-state index in [1.165, 1.54) is 0 Å². The van der Waals surface area contributed by atoms with Crippen molar-refractivity contribution >= 4 is 60.0 Å². The third kappa shape index (κ3) is 16.1. The molecule has 2 N–H and O–H groups in total. The SMILES string of the molecule is CCCC(C)(C)C(=O)OCC(CO)(COC(=O)C(C)NCSC(=O)C(C)(C)CC(C)(C)S)COC(=O)C(C)(C)CC(C)(C)S. The summed E-state index contributed by atoms with van der Waals surface area (Å²) >= 11 is 10.2. The van der Waals surface area contributed by atoms with Gasteiger partial charge in [0.25, 0.3) is 0 Å². The first-order valence-electron chi connectivity index (χ1n) is 15.2. The lowest BCUT2D eigenvalue weighted by Gasteiger charge is -2.34. The Hall–Kier alpha value is -0.950. The van der Waals surface area contributed by atoms with Crippen LogP contribution in [0.25, 0.3) is 0 Å². The normalized spacial score (nSPS) is 15.2. The van der Waals surface area contributed by atoms with Gasteiger partial charge in [0.05, 0.1) is 28.7 Å². The summed E-state index contributed by atoms with van der Waals surface area (Å²) in [4.78, 5) is 51.6. The molecule has 2 atom stereocenters. The topological polar surface area (TPSA) is 128 Å². The fraction of sp³-hybridized carbons (Fsp3) is 0.875. The minimum atomic E-state index is -1.38. The Labute approximate surface area is 281 Å². The van der Waals surface area contributed by atoms with Gasteiger partial charge in [-0.05, 0) is 53.9 Å². The van der Waals surface area contributed by atoms with Crippen molar-refractivity contribution in [3.05, 3.63) is 0 Å². The van der Waals surface area contributed by atoms with E-state index in [0.717, 1.165) is 18.2 Å². The maximum atomic E-state index is 13.1. The smallest absolute Gasteiger partial charge is 0.322 e. The van der Waals surface area contributed by atoms with Crippen LogP contribution in [0, 0.1) is 21.7 Å². The molecule has 0 amide bonds. The Balaban J connectivity index is 5.56. The first-order valence-corrected chi connectivity index (χ1v) is 17.1. The van der Waals surface area contributed by atoms with Gasteiger partial charge in [-0.2, -0.15) is 25.3 Å². The minimum absolute atomic E-state index is 0.0224. The lowest BCUT2D eigenvalue weighted by Crippen LogP contribution is -2.46. The number of nitrogens with one attached hydrogen (secondary N) is 1. The van der Waals surface area contributed by atoms with E-state index in [1.807, 2.05) is 48.5 Å². The summed E-state index contributed by atoms with van der Waals surface area (Å²) in [7, 11) is 0. The van der Waals surface area contributed by atoms with Crippen LogP contribution in [0.3, 0.4) is 0 Å². The number of esters is 3. The number of carbonyl (C=O) groups is 4. The van der Waals surface area contributed by atoms with Crippen LogP contribution in [0.2, 0.25) is 0 Å². The number of hydrogen-bond donors (Lipinski definition) is 4. The highest BCUT2D eigenvalue weighted by Crippen LogP contribution is 2.36. The Bertz CT molecular complexity index is 970. The van der Waals surface area contributed by atoms with Crippen molar-refractivity contribution in [2.24, 2.45) is 21.7 Å². The van der Waals surface area contributed by atoms with E-state index in [9.17, 15) is 24.3 Å². The highest BCUT2D eigenvalue weighted by Gasteiger charge is 2.41. The van der Waals surface area contributed by atoms with Crippen LogP contribution in [0.4, 0.5) is 0 Å². The molecule has 2 unspecified atom stereocenters. The minimum Gasteiger partial charge on any atom is -0.464 e. The van der Waals surface area contributed by atoms with Crippen LogP contribution >= 0.6 is 37.0 Å². The van der Waals surface area contributed by atoms with Crippen LogP contribution in [0.5, 0.6) is 0 Å². The molecule has 0 aromatic rings. The van der Waals surface area contributed by atoms with Gasteiger partial charge in [-0.3, -0.25) is 24.5 Å². The zero-order valence-electron chi connectivity index (χ0n) is 29.0. The molecule has 0 aliphatic heterocycles. The van der Waals surface area contributed by atoms with E-state index >= 15 is 0 Å². The van der Waals surface area contributed by atoms with Crippen LogP contribution < -0.4 is 5.32 Å². The second-order valence-electron chi connectivity index (χ2n) is 15.3. The highest BCUT2D eigenvalue weighted by atomic mass is 32.2. The van der Waals surface area contributed by atoms with Gasteiger partial charge in [-0.25, -0.2) is 0 Å². The molecule has 0 aromatic heterocycles. The zero-order chi connectivity index (χ0) is 34.8. The third-order valence-electron chi connectivity index (χ3n) is 7.10. The Morgan fingerprint density at radius 3 is 1.61 bits per heavy atom. The Morgan fingerprint density at radius 2 is 1.18 bits per heavy atom. The van der Waals surface area contributed by atoms with E-state index in [4.69, 9.17) is 14.2 Å². The molecule has 0 heterocycles. The summed E-state index contributed by atoms with van der Waals surface area (Å²) in [5.74, 6) is -1.42. The molecule has 44 heavy (non-hydrogen) atoms. The quantitative estimate of drug-likeness (QED) is 0.0537. The molecule has 0 spiro atoms. The predicted molar refractivity (Wildman–Crippen MR) is 184 cm³/mol. The number of thiol groups is 2. The van der Waals surface area contributed by atoms with E-state index in [0.29, 0.717) is 19.3 Å². The van der Waals surface area contributed by atoms with Crippen molar-refractivity contribution in [2.45, 2.75) is 124 Å². The van der Waals surface area contributed by atoms with Gasteiger partial charge in [-0.15, -0.1) is 0 Å². The van der Waals surface area contributed by atoms with Gasteiger partial charge in [0.1, 0.15) is 25.9 Å². The fourth-order valence-electron chi connectivity index (χ4n) is 4.98. The molecule has 0 aliphatic carbocycles.